The number of nitro groups is 1. The van der Waals surface area contributed by atoms with Gasteiger partial charge in [0.2, 0.25) is 0 Å². The quantitative estimate of drug-likeness (QED) is 0.612. The predicted molar refractivity (Wildman–Crippen MR) is 70.5 cm³/mol. The Hall–Kier alpha value is -1.54. The Morgan fingerprint density at radius 1 is 1.33 bits per heavy atom. The first kappa shape index (κ1) is 12.9. The van der Waals surface area contributed by atoms with Crippen LogP contribution in [0.2, 0.25) is 0 Å². The van der Waals surface area contributed by atoms with Gasteiger partial charge >= 0.3 is 0 Å². The molecule has 0 saturated heterocycles. The second kappa shape index (κ2) is 5.87. The fourth-order valence-corrected chi connectivity index (χ4v) is 3.50. The van der Waals surface area contributed by atoms with Gasteiger partial charge in [0.1, 0.15) is 11.6 Å². The number of thioether (sulfide) groups is 1. The van der Waals surface area contributed by atoms with E-state index in [0.717, 1.165) is 4.90 Å². The second-order valence-corrected chi connectivity index (χ2v) is 5.80. The summed E-state index contributed by atoms with van der Waals surface area (Å²) in [5, 5.41) is 20.3. The summed E-state index contributed by atoms with van der Waals surface area (Å²) in [6.07, 6.45) is 6.22. The number of hydrogen-bond acceptors (Lipinski definition) is 4. The minimum Gasteiger partial charge on any atom is -0.258 e. The van der Waals surface area contributed by atoms with Crippen molar-refractivity contribution >= 4 is 17.4 Å². The number of nitrogens with zero attached hydrogens (tertiary/aromatic N) is 2. The highest BCUT2D eigenvalue weighted by Gasteiger charge is 2.18. The molecule has 0 radical (unpaired) electrons. The van der Waals surface area contributed by atoms with Gasteiger partial charge in [-0.3, -0.25) is 10.1 Å². The third kappa shape index (κ3) is 3.02. The summed E-state index contributed by atoms with van der Waals surface area (Å²) < 4.78 is 0. The lowest BCUT2D eigenvalue weighted by atomic mass is 10.0. The van der Waals surface area contributed by atoms with Gasteiger partial charge in [-0.2, -0.15) is 5.26 Å². The van der Waals surface area contributed by atoms with Gasteiger partial charge in [-0.1, -0.05) is 19.3 Å². The molecule has 1 aromatic rings. The monoisotopic (exact) mass is 262 g/mol. The summed E-state index contributed by atoms with van der Waals surface area (Å²) in [5.74, 6) is 0. The molecule has 0 aliphatic heterocycles. The number of nitriles is 1. The summed E-state index contributed by atoms with van der Waals surface area (Å²) in [7, 11) is 0. The predicted octanol–water partition coefficient (Wildman–Crippen LogP) is 3.89. The Bertz CT molecular complexity index is 490. The van der Waals surface area contributed by atoms with E-state index in [4.69, 9.17) is 5.26 Å². The highest BCUT2D eigenvalue weighted by molar-refractivity contribution is 8.00. The molecular weight excluding hydrogens is 248 g/mol. The first-order chi connectivity index (χ1) is 8.70. The van der Waals surface area contributed by atoms with Crippen LogP contribution in [0, 0.1) is 21.4 Å². The van der Waals surface area contributed by atoms with Crippen LogP contribution in [0.15, 0.2) is 23.1 Å². The van der Waals surface area contributed by atoms with Gasteiger partial charge < -0.3 is 0 Å². The smallest absolute Gasteiger partial charge is 0.258 e. The summed E-state index contributed by atoms with van der Waals surface area (Å²) in [6, 6.07) is 6.72. The number of rotatable bonds is 3. The lowest BCUT2D eigenvalue weighted by Crippen LogP contribution is -2.07. The van der Waals surface area contributed by atoms with Gasteiger partial charge in [-0.25, -0.2) is 0 Å². The third-order valence-electron chi connectivity index (χ3n) is 3.14. The van der Waals surface area contributed by atoms with Crippen molar-refractivity contribution in [2.24, 2.45) is 0 Å². The maximum absolute atomic E-state index is 10.7. The van der Waals surface area contributed by atoms with E-state index in [9.17, 15) is 10.1 Å². The minimum atomic E-state index is -0.506. The minimum absolute atomic E-state index is 0.106. The maximum atomic E-state index is 10.7. The largest absolute Gasteiger partial charge is 0.287 e. The van der Waals surface area contributed by atoms with Crippen molar-refractivity contribution in [3.05, 3.63) is 33.9 Å². The van der Waals surface area contributed by atoms with Crippen LogP contribution in [-0.4, -0.2) is 10.2 Å². The van der Waals surface area contributed by atoms with Gasteiger partial charge in [0.15, 0.2) is 0 Å². The summed E-state index contributed by atoms with van der Waals surface area (Å²) >= 11 is 1.74. The normalized spacial score (nSPS) is 16.2. The van der Waals surface area contributed by atoms with E-state index >= 15 is 0 Å². The summed E-state index contributed by atoms with van der Waals surface area (Å²) in [4.78, 5) is 11.2. The van der Waals surface area contributed by atoms with Crippen LogP contribution < -0.4 is 0 Å². The highest BCUT2D eigenvalue weighted by Crippen LogP contribution is 2.35. The van der Waals surface area contributed by atoms with Crippen molar-refractivity contribution in [3.8, 4) is 6.07 Å². The average Bonchev–Trinajstić information content (AvgIpc) is 2.39. The van der Waals surface area contributed by atoms with Crippen LogP contribution in [0.5, 0.6) is 0 Å². The lowest BCUT2D eigenvalue weighted by Gasteiger charge is -2.20. The van der Waals surface area contributed by atoms with E-state index in [-0.39, 0.29) is 11.3 Å². The molecule has 0 aromatic heterocycles. The highest BCUT2D eigenvalue weighted by atomic mass is 32.2. The molecule has 0 unspecified atom stereocenters. The summed E-state index contributed by atoms with van der Waals surface area (Å²) in [6.45, 7) is 0. The van der Waals surface area contributed by atoms with Crippen LogP contribution in [0.4, 0.5) is 5.69 Å². The van der Waals surface area contributed by atoms with Gasteiger partial charge in [0, 0.05) is 16.2 Å². The number of benzene rings is 1. The van der Waals surface area contributed by atoms with E-state index in [0.29, 0.717) is 5.25 Å². The van der Waals surface area contributed by atoms with Gasteiger partial charge in [0.05, 0.1) is 4.92 Å². The molecule has 4 nitrogen and oxygen atoms in total. The van der Waals surface area contributed by atoms with Crippen molar-refractivity contribution in [2.75, 3.05) is 0 Å². The fraction of sp³-hybridized carbons (Fsp3) is 0.462. The standard InChI is InChI=1S/C13H14N2O2S/c14-9-10-8-12(6-7-13(10)15(16)17)18-11-4-2-1-3-5-11/h6-8,11H,1-5H2. The Morgan fingerprint density at radius 3 is 2.67 bits per heavy atom. The maximum Gasteiger partial charge on any atom is 0.287 e. The molecule has 1 aliphatic carbocycles. The first-order valence-electron chi connectivity index (χ1n) is 6.06. The molecule has 0 spiro atoms. The molecule has 18 heavy (non-hydrogen) atoms. The van der Waals surface area contributed by atoms with Crippen LogP contribution >= 0.6 is 11.8 Å². The molecular formula is C13H14N2O2S. The molecule has 0 heterocycles. The zero-order valence-electron chi connectivity index (χ0n) is 9.96. The third-order valence-corrected chi connectivity index (χ3v) is 4.47. The van der Waals surface area contributed by atoms with E-state index < -0.39 is 4.92 Å². The Labute approximate surface area is 110 Å². The Kier molecular flexibility index (Phi) is 4.21. The van der Waals surface area contributed by atoms with Crippen molar-refractivity contribution in [2.45, 2.75) is 42.2 Å². The SMILES string of the molecule is N#Cc1cc(SC2CCCCC2)ccc1[N+](=O)[O-]. The van der Waals surface area contributed by atoms with Crippen LogP contribution in [0.25, 0.3) is 0 Å². The first-order valence-corrected chi connectivity index (χ1v) is 6.94. The molecule has 1 fully saturated rings. The molecule has 0 atom stereocenters. The van der Waals surface area contributed by atoms with Gasteiger partial charge in [-0.15, -0.1) is 11.8 Å². The molecule has 5 heteroatoms. The molecule has 1 aromatic carbocycles. The van der Waals surface area contributed by atoms with E-state index in [2.05, 4.69) is 0 Å². The molecule has 0 amide bonds. The Morgan fingerprint density at radius 2 is 2.06 bits per heavy atom. The molecule has 1 saturated carbocycles. The number of hydrogen-bond donors (Lipinski definition) is 0. The van der Waals surface area contributed by atoms with Gasteiger partial charge in [-0.05, 0) is 25.0 Å². The molecule has 2 rings (SSSR count). The molecule has 1 aliphatic rings. The zero-order chi connectivity index (χ0) is 13.0. The average molecular weight is 262 g/mol. The van der Waals surface area contributed by atoms with Crippen LogP contribution in [0.3, 0.4) is 0 Å². The van der Waals surface area contributed by atoms with Crippen molar-refractivity contribution < 1.29 is 4.92 Å². The molecule has 0 N–H and O–H groups in total. The van der Waals surface area contributed by atoms with Crippen molar-refractivity contribution in [1.82, 2.24) is 0 Å². The van der Waals surface area contributed by atoms with Crippen LogP contribution in [0.1, 0.15) is 37.7 Å². The van der Waals surface area contributed by atoms with Crippen LogP contribution in [-0.2, 0) is 0 Å². The zero-order valence-corrected chi connectivity index (χ0v) is 10.8. The lowest BCUT2D eigenvalue weighted by molar-refractivity contribution is -0.385. The molecule has 94 valence electrons. The Balaban J connectivity index is 2.14. The van der Waals surface area contributed by atoms with Crippen molar-refractivity contribution in [1.29, 1.82) is 5.26 Å². The van der Waals surface area contributed by atoms with E-state index in [1.165, 1.54) is 38.2 Å². The van der Waals surface area contributed by atoms with E-state index in [1.807, 2.05) is 6.07 Å². The summed E-state index contributed by atoms with van der Waals surface area (Å²) in [5.41, 5.74) is 0.0475. The van der Waals surface area contributed by atoms with E-state index in [1.54, 1.807) is 23.9 Å². The van der Waals surface area contributed by atoms with Crippen molar-refractivity contribution in [3.63, 3.8) is 0 Å². The van der Waals surface area contributed by atoms with Gasteiger partial charge in [0.25, 0.3) is 5.69 Å². The number of nitro benzene ring substituents is 1. The topological polar surface area (TPSA) is 66.9 Å². The second-order valence-electron chi connectivity index (χ2n) is 4.43. The molecule has 0 bridgehead atoms. The fourth-order valence-electron chi connectivity index (χ4n) is 2.21.